The van der Waals surface area contributed by atoms with Crippen LogP contribution in [0.5, 0.6) is 5.75 Å². The molecule has 37 heavy (non-hydrogen) atoms. The smallest absolute Gasteiger partial charge is 0.338 e. The number of benzene rings is 3. The van der Waals surface area contributed by atoms with Crippen molar-refractivity contribution in [2.24, 2.45) is 0 Å². The monoisotopic (exact) mass is 596 g/mol. The Morgan fingerprint density at radius 2 is 1.92 bits per heavy atom. The first-order valence-electron chi connectivity index (χ1n) is 11.4. The summed E-state index contributed by atoms with van der Waals surface area (Å²) in [6.45, 7) is 1.94. The highest BCUT2D eigenvalue weighted by atomic mass is 79.9. The number of esters is 1. The molecule has 0 aliphatic carbocycles. The summed E-state index contributed by atoms with van der Waals surface area (Å²) in [5.74, 6) is 0.658. The number of carbonyl (C=O) groups excluding carboxylic acids is 1. The maximum absolute atomic E-state index is 13.4. The van der Waals surface area contributed by atoms with E-state index >= 15 is 0 Å². The highest BCUT2D eigenvalue weighted by Crippen LogP contribution is 2.39. The number of anilines is 1. The van der Waals surface area contributed by atoms with E-state index in [0.29, 0.717) is 43.2 Å². The number of phenolic OH excluding ortho intramolecular Hbond substituents is 1. The van der Waals surface area contributed by atoms with E-state index in [4.69, 9.17) is 21.4 Å². The van der Waals surface area contributed by atoms with Crippen molar-refractivity contribution >= 4 is 51.2 Å². The molecule has 1 aliphatic heterocycles. The van der Waals surface area contributed by atoms with Gasteiger partial charge in [0, 0.05) is 16.5 Å². The number of thioether (sulfide) groups is 1. The summed E-state index contributed by atoms with van der Waals surface area (Å²) in [5, 5.41) is 19.5. The maximum Gasteiger partial charge on any atom is 0.338 e. The van der Waals surface area contributed by atoms with Crippen LogP contribution < -0.4 is 5.32 Å². The van der Waals surface area contributed by atoms with Crippen LogP contribution in [0, 0.1) is 0 Å². The van der Waals surface area contributed by atoms with Crippen LogP contribution in [0.2, 0.25) is 5.02 Å². The first-order valence-corrected chi connectivity index (χ1v) is 13.6. The van der Waals surface area contributed by atoms with Crippen molar-refractivity contribution in [3.63, 3.8) is 0 Å². The van der Waals surface area contributed by atoms with Gasteiger partial charge in [0.05, 0.1) is 10.0 Å². The molecule has 1 aliphatic rings. The number of ether oxygens (including phenoxy) is 1. The third-order valence-electron chi connectivity index (χ3n) is 5.87. The molecule has 2 heterocycles. The largest absolute Gasteiger partial charge is 0.507 e. The molecule has 1 aromatic heterocycles. The molecule has 0 saturated carbocycles. The van der Waals surface area contributed by atoms with E-state index in [2.05, 4.69) is 26.2 Å². The quantitative estimate of drug-likeness (QED) is 0.180. The molecule has 2 N–H and O–H groups in total. The fourth-order valence-corrected chi connectivity index (χ4v) is 5.38. The fourth-order valence-electron chi connectivity index (χ4n) is 4.02. The van der Waals surface area contributed by atoms with Gasteiger partial charge in [-0.2, -0.15) is 4.98 Å². The SMILES string of the molecule is CC1=C(C(=O)OCc2ccccc2)C(c2ccc(Br)c(O)c2)n2nc(SCc3ccccc3Cl)nc2N1. The van der Waals surface area contributed by atoms with Crippen molar-refractivity contribution in [3.05, 3.63) is 110 Å². The standard InChI is InChI=1S/C27H22BrClN4O3S/c1-16-23(25(35)36-14-17-7-3-2-4-8-17)24(18-11-12-20(28)22(34)13-18)33-26(30-16)31-27(32-33)37-15-19-9-5-6-10-21(19)29/h2-13,24,34H,14-15H2,1H3,(H,30,31,32). The van der Waals surface area contributed by atoms with Gasteiger partial charge in [0.2, 0.25) is 11.1 Å². The molecule has 4 aromatic rings. The second kappa shape index (κ2) is 11.0. The molecule has 188 valence electrons. The van der Waals surface area contributed by atoms with E-state index in [9.17, 15) is 9.90 Å². The topological polar surface area (TPSA) is 89.3 Å². The average molecular weight is 598 g/mol. The number of phenols is 1. The van der Waals surface area contributed by atoms with Gasteiger partial charge in [-0.05, 0) is 57.7 Å². The number of aromatic nitrogens is 3. The molecular weight excluding hydrogens is 576 g/mol. The summed E-state index contributed by atoms with van der Waals surface area (Å²) < 4.78 is 7.90. The number of allylic oxidation sites excluding steroid dienone is 1. The molecule has 1 atom stereocenters. The molecule has 1 unspecified atom stereocenters. The molecule has 0 fully saturated rings. The van der Waals surface area contributed by atoms with E-state index in [0.717, 1.165) is 11.1 Å². The summed E-state index contributed by atoms with van der Waals surface area (Å²) >= 11 is 11.1. The molecule has 0 radical (unpaired) electrons. The Hall–Kier alpha value is -3.27. The van der Waals surface area contributed by atoms with Crippen molar-refractivity contribution in [2.45, 2.75) is 30.5 Å². The van der Waals surface area contributed by atoms with Gasteiger partial charge in [-0.1, -0.05) is 78.0 Å². The number of nitrogens with zero attached hydrogens (tertiary/aromatic N) is 3. The molecule has 0 saturated heterocycles. The highest BCUT2D eigenvalue weighted by Gasteiger charge is 2.35. The molecule has 5 rings (SSSR count). The average Bonchev–Trinajstić information content (AvgIpc) is 3.30. The summed E-state index contributed by atoms with van der Waals surface area (Å²) in [6.07, 6.45) is 0. The predicted molar refractivity (Wildman–Crippen MR) is 148 cm³/mol. The Morgan fingerprint density at radius 1 is 1.16 bits per heavy atom. The van der Waals surface area contributed by atoms with E-state index in [-0.39, 0.29) is 12.4 Å². The fraction of sp³-hybridized carbons (Fsp3) is 0.148. The van der Waals surface area contributed by atoms with Gasteiger partial charge >= 0.3 is 5.97 Å². The molecule has 3 aromatic carbocycles. The summed E-state index contributed by atoms with van der Waals surface area (Å²) in [4.78, 5) is 18.1. The normalized spacial score (nSPS) is 14.7. The number of hydrogen-bond donors (Lipinski definition) is 2. The molecule has 7 nitrogen and oxygen atoms in total. The Morgan fingerprint density at radius 3 is 2.68 bits per heavy atom. The highest BCUT2D eigenvalue weighted by molar-refractivity contribution is 9.10. The van der Waals surface area contributed by atoms with Gasteiger partial charge in [-0.3, -0.25) is 0 Å². The predicted octanol–water partition coefficient (Wildman–Crippen LogP) is 6.72. The number of halogens is 2. The Labute approximate surface area is 231 Å². The summed E-state index contributed by atoms with van der Waals surface area (Å²) in [7, 11) is 0. The number of aromatic hydroxyl groups is 1. The van der Waals surface area contributed by atoms with Crippen LogP contribution >= 0.6 is 39.3 Å². The Bertz CT molecular complexity index is 1490. The van der Waals surface area contributed by atoms with Crippen LogP contribution in [0.3, 0.4) is 0 Å². The van der Waals surface area contributed by atoms with Gasteiger partial charge in [-0.25, -0.2) is 9.48 Å². The second-order valence-corrected chi connectivity index (χ2v) is 10.6. The maximum atomic E-state index is 13.4. The second-order valence-electron chi connectivity index (χ2n) is 8.38. The van der Waals surface area contributed by atoms with Crippen molar-refractivity contribution < 1.29 is 14.6 Å². The zero-order valence-corrected chi connectivity index (χ0v) is 22.8. The first kappa shape index (κ1) is 25.4. The number of carbonyl (C=O) groups is 1. The van der Waals surface area contributed by atoms with Crippen molar-refractivity contribution in [1.29, 1.82) is 0 Å². The number of fused-ring (bicyclic) bond motifs is 1. The Balaban J connectivity index is 1.47. The Kier molecular flexibility index (Phi) is 7.55. The van der Waals surface area contributed by atoms with Crippen molar-refractivity contribution in [1.82, 2.24) is 14.8 Å². The van der Waals surface area contributed by atoms with Gasteiger partial charge in [-0.15, -0.1) is 5.10 Å². The van der Waals surface area contributed by atoms with Gasteiger partial charge in [0.1, 0.15) is 18.4 Å². The van der Waals surface area contributed by atoms with Gasteiger partial charge in [0.15, 0.2) is 0 Å². The third kappa shape index (κ3) is 5.53. The van der Waals surface area contributed by atoms with Crippen LogP contribution in [-0.4, -0.2) is 25.8 Å². The first-order chi connectivity index (χ1) is 17.9. The third-order valence-corrected chi connectivity index (χ3v) is 7.79. The van der Waals surface area contributed by atoms with E-state index in [1.54, 1.807) is 23.7 Å². The van der Waals surface area contributed by atoms with Crippen LogP contribution in [0.1, 0.15) is 29.7 Å². The van der Waals surface area contributed by atoms with Crippen molar-refractivity contribution in [2.75, 3.05) is 5.32 Å². The number of hydrogen-bond acceptors (Lipinski definition) is 7. The van der Waals surface area contributed by atoms with Crippen LogP contribution in [-0.2, 0) is 21.9 Å². The van der Waals surface area contributed by atoms with Crippen LogP contribution in [0.25, 0.3) is 0 Å². The number of nitrogens with one attached hydrogen (secondary N) is 1. The van der Waals surface area contributed by atoms with Gasteiger partial charge < -0.3 is 15.2 Å². The van der Waals surface area contributed by atoms with Gasteiger partial charge in [0.25, 0.3) is 0 Å². The molecule has 0 bridgehead atoms. The van der Waals surface area contributed by atoms with Crippen molar-refractivity contribution in [3.8, 4) is 5.75 Å². The minimum absolute atomic E-state index is 0.0562. The lowest BCUT2D eigenvalue weighted by molar-refractivity contribution is -0.140. The summed E-state index contributed by atoms with van der Waals surface area (Å²) in [6, 6.07) is 21.7. The zero-order valence-electron chi connectivity index (χ0n) is 19.7. The molecule has 0 amide bonds. The minimum Gasteiger partial charge on any atom is -0.507 e. The molecular formula is C27H22BrClN4O3S. The lowest BCUT2D eigenvalue weighted by atomic mass is 9.95. The van der Waals surface area contributed by atoms with E-state index in [1.807, 2.05) is 60.7 Å². The lowest BCUT2D eigenvalue weighted by Gasteiger charge is -2.28. The van der Waals surface area contributed by atoms with E-state index in [1.165, 1.54) is 11.8 Å². The number of rotatable bonds is 7. The summed E-state index contributed by atoms with van der Waals surface area (Å²) in [5.41, 5.74) is 3.52. The molecule has 0 spiro atoms. The molecule has 10 heteroatoms. The van der Waals surface area contributed by atoms with E-state index < -0.39 is 12.0 Å². The van der Waals surface area contributed by atoms with Crippen LogP contribution in [0.15, 0.2) is 93.7 Å². The minimum atomic E-state index is -0.652. The van der Waals surface area contributed by atoms with Crippen LogP contribution in [0.4, 0.5) is 5.95 Å². The zero-order chi connectivity index (χ0) is 25.9. The lowest BCUT2D eigenvalue weighted by Crippen LogP contribution is -2.29.